The van der Waals surface area contributed by atoms with Gasteiger partial charge in [-0.3, -0.25) is 4.79 Å². The third kappa shape index (κ3) is 5.25. The summed E-state index contributed by atoms with van der Waals surface area (Å²) in [6, 6.07) is 17.8. The monoisotopic (exact) mass is 309 g/mol. The number of anilines is 1. The second kappa shape index (κ2) is 8.73. The van der Waals surface area contributed by atoms with Gasteiger partial charge in [-0.1, -0.05) is 61.9 Å². The van der Waals surface area contributed by atoms with Gasteiger partial charge in [-0.05, 0) is 30.5 Å². The average molecular weight is 309 g/mol. The maximum atomic E-state index is 12.0. The van der Waals surface area contributed by atoms with Crippen molar-refractivity contribution >= 4 is 17.3 Å². The van der Waals surface area contributed by atoms with Crippen LogP contribution < -0.4 is 10.7 Å². The fourth-order valence-electron chi connectivity index (χ4n) is 2.25. The van der Waals surface area contributed by atoms with Gasteiger partial charge in [0.2, 0.25) is 0 Å². The van der Waals surface area contributed by atoms with Gasteiger partial charge in [0.25, 0.3) is 5.91 Å². The zero-order valence-electron chi connectivity index (χ0n) is 13.7. The molecule has 0 saturated carbocycles. The molecule has 0 spiro atoms. The van der Waals surface area contributed by atoms with Crippen molar-refractivity contribution in [3.8, 4) is 0 Å². The largest absolute Gasteiger partial charge is 0.376 e. The minimum absolute atomic E-state index is 0.155. The maximum absolute atomic E-state index is 12.0. The third-order valence-electron chi connectivity index (χ3n) is 3.49. The van der Waals surface area contributed by atoms with Crippen molar-refractivity contribution in [1.29, 1.82) is 0 Å². The summed E-state index contributed by atoms with van der Waals surface area (Å²) in [6.45, 7) is 4.30. The molecular weight excluding hydrogens is 286 g/mol. The second-order valence-electron chi connectivity index (χ2n) is 5.38. The van der Waals surface area contributed by atoms with E-state index in [9.17, 15) is 4.79 Å². The van der Waals surface area contributed by atoms with E-state index in [1.807, 2.05) is 61.5 Å². The fourth-order valence-corrected chi connectivity index (χ4v) is 2.25. The number of hydrogen-bond donors (Lipinski definition) is 2. The van der Waals surface area contributed by atoms with E-state index in [-0.39, 0.29) is 12.5 Å². The van der Waals surface area contributed by atoms with Crippen molar-refractivity contribution in [2.75, 3.05) is 11.9 Å². The molecule has 4 heteroatoms. The fraction of sp³-hybridized carbons (Fsp3) is 0.263. The molecule has 0 aliphatic heterocycles. The van der Waals surface area contributed by atoms with E-state index in [0.29, 0.717) is 0 Å². The Balaban J connectivity index is 1.94. The van der Waals surface area contributed by atoms with E-state index in [4.69, 9.17) is 0 Å². The Morgan fingerprint density at radius 3 is 2.43 bits per heavy atom. The van der Waals surface area contributed by atoms with Crippen molar-refractivity contribution in [3.05, 3.63) is 65.7 Å². The van der Waals surface area contributed by atoms with Gasteiger partial charge in [0, 0.05) is 5.69 Å². The molecule has 0 radical (unpaired) electrons. The number of aryl methyl sites for hydroxylation is 1. The van der Waals surface area contributed by atoms with Gasteiger partial charge in [0.15, 0.2) is 0 Å². The predicted molar refractivity (Wildman–Crippen MR) is 95.7 cm³/mol. The molecule has 1 amide bonds. The summed E-state index contributed by atoms with van der Waals surface area (Å²) >= 11 is 0. The molecule has 2 aromatic carbocycles. The molecule has 0 bridgehead atoms. The van der Waals surface area contributed by atoms with Crippen LogP contribution in [0, 0.1) is 6.92 Å². The van der Waals surface area contributed by atoms with E-state index in [0.717, 1.165) is 35.4 Å². The number of para-hydroxylation sites is 1. The Kier molecular flexibility index (Phi) is 6.36. The lowest BCUT2D eigenvalue weighted by Gasteiger charge is -2.09. The van der Waals surface area contributed by atoms with Gasteiger partial charge in [-0.25, -0.2) is 5.43 Å². The summed E-state index contributed by atoms with van der Waals surface area (Å²) in [5.41, 5.74) is 6.66. The lowest BCUT2D eigenvalue weighted by atomic mass is 10.1. The van der Waals surface area contributed by atoms with Gasteiger partial charge in [0.1, 0.15) is 0 Å². The Labute approximate surface area is 137 Å². The van der Waals surface area contributed by atoms with Gasteiger partial charge in [-0.2, -0.15) is 5.10 Å². The first-order valence-corrected chi connectivity index (χ1v) is 7.91. The molecule has 0 unspecified atom stereocenters. The zero-order valence-corrected chi connectivity index (χ0v) is 13.7. The van der Waals surface area contributed by atoms with Crippen LogP contribution in [0.1, 0.15) is 30.9 Å². The van der Waals surface area contributed by atoms with E-state index in [2.05, 4.69) is 22.8 Å². The molecule has 0 fully saturated rings. The lowest BCUT2D eigenvalue weighted by molar-refractivity contribution is -0.119. The highest BCUT2D eigenvalue weighted by Crippen LogP contribution is 2.12. The summed E-state index contributed by atoms with van der Waals surface area (Å²) in [4.78, 5) is 12.0. The highest BCUT2D eigenvalue weighted by Gasteiger charge is 2.05. The van der Waals surface area contributed by atoms with Crippen LogP contribution in [-0.2, 0) is 4.79 Å². The standard InChI is InChI=1S/C19H23N3O/c1-3-9-18(16-11-5-4-6-12-16)21-22-19(23)14-20-17-13-8-7-10-15(17)2/h4-8,10-13,20H,3,9,14H2,1-2H3,(H,22,23)/b21-18+. The number of hydrogen-bond acceptors (Lipinski definition) is 3. The molecular formula is C19H23N3O. The van der Waals surface area contributed by atoms with E-state index in [1.165, 1.54) is 0 Å². The molecule has 120 valence electrons. The number of hydrazone groups is 1. The van der Waals surface area contributed by atoms with Crippen LogP contribution in [0.3, 0.4) is 0 Å². The molecule has 23 heavy (non-hydrogen) atoms. The molecule has 2 rings (SSSR count). The number of carbonyl (C=O) groups is 1. The quantitative estimate of drug-likeness (QED) is 0.605. The number of carbonyl (C=O) groups excluding carboxylic acids is 1. The van der Waals surface area contributed by atoms with E-state index < -0.39 is 0 Å². The first-order valence-electron chi connectivity index (χ1n) is 7.91. The Morgan fingerprint density at radius 1 is 1.04 bits per heavy atom. The van der Waals surface area contributed by atoms with Crippen molar-refractivity contribution in [2.45, 2.75) is 26.7 Å². The van der Waals surface area contributed by atoms with Crippen LogP contribution in [0.25, 0.3) is 0 Å². The summed E-state index contributed by atoms with van der Waals surface area (Å²) in [6.07, 6.45) is 1.81. The van der Waals surface area contributed by atoms with Crippen LogP contribution in [0.2, 0.25) is 0 Å². The maximum Gasteiger partial charge on any atom is 0.259 e. The average Bonchev–Trinajstić information content (AvgIpc) is 2.58. The minimum atomic E-state index is -0.155. The molecule has 0 aliphatic carbocycles. The molecule has 0 aromatic heterocycles. The van der Waals surface area contributed by atoms with Crippen LogP contribution in [-0.4, -0.2) is 18.2 Å². The first kappa shape index (κ1) is 16.7. The molecule has 2 aromatic rings. The molecule has 0 atom stereocenters. The topological polar surface area (TPSA) is 53.5 Å². The molecule has 0 aliphatic rings. The minimum Gasteiger partial charge on any atom is -0.376 e. The number of rotatable bonds is 7. The summed E-state index contributed by atoms with van der Waals surface area (Å²) in [5.74, 6) is -0.155. The summed E-state index contributed by atoms with van der Waals surface area (Å²) in [7, 11) is 0. The van der Waals surface area contributed by atoms with E-state index >= 15 is 0 Å². The van der Waals surface area contributed by atoms with Crippen molar-refractivity contribution < 1.29 is 4.79 Å². The van der Waals surface area contributed by atoms with Gasteiger partial charge in [0.05, 0.1) is 12.3 Å². The Bertz CT molecular complexity index is 665. The van der Waals surface area contributed by atoms with Gasteiger partial charge < -0.3 is 5.32 Å². The second-order valence-corrected chi connectivity index (χ2v) is 5.38. The number of nitrogens with one attached hydrogen (secondary N) is 2. The highest BCUT2D eigenvalue weighted by molar-refractivity contribution is 6.01. The van der Waals surface area contributed by atoms with Crippen molar-refractivity contribution in [1.82, 2.24) is 5.43 Å². The van der Waals surface area contributed by atoms with Gasteiger partial charge >= 0.3 is 0 Å². The molecule has 0 heterocycles. The number of benzene rings is 2. The van der Waals surface area contributed by atoms with Crippen molar-refractivity contribution in [2.24, 2.45) is 5.10 Å². The van der Waals surface area contributed by atoms with Crippen LogP contribution in [0.15, 0.2) is 59.7 Å². The highest BCUT2D eigenvalue weighted by atomic mass is 16.2. The summed E-state index contributed by atoms with van der Waals surface area (Å²) < 4.78 is 0. The normalized spacial score (nSPS) is 11.1. The zero-order chi connectivity index (χ0) is 16.5. The predicted octanol–water partition coefficient (Wildman–Crippen LogP) is 3.73. The van der Waals surface area contributed by atoms with Crippen LogP contribution in [0.5, 0.6) is 0 Å². The molecule has 0 saturated heterocycles. The summed E-state index contributed by atoms with van der Waals surface area (Å²) in [5, 5.41) is 7.42. The van der Waals surface area contributed by atoms with Gasteiger partial charge in [-0.15, -0.1) is 0 Å². The van der Waals surface area contributed by atoms with Crippen LogP contribution >= 0.6 is 0 Å². The molecule has 2 N–H and O–H groups in total. The SMILES string of the molecule is CCC/C(=N\NC(=O)CNc1ccccc1C)c1ccccc1. The lowest BCUT2D eigenvalue weighted by Crippen LogP contribution is -2.27. The van der Waals surface area contributed by atoms with Crippen LogP contribution in [0.4, 0.5) is 5.69 Å². The Morgan fingerprint density at radius 2 is 1.74 bits per heavy atom. The Hall–Kier alpha value is -2.62. The first-order chi connectivity index (χ1) is 11.2. The number of nitrogens with zero attached hydrogens (tertiary/aromatic N) is 1. The van der Waals surface area contributed by atoms with Crippen molar-refractivity contribution in [3.63, 3.8) is 0 Å². The third-order valence-corrected chi connectivity index (χ3v) is 3.49. The van der Waals surface area contributed by atoms with E-state index in [1.54, 1.807) is 0 Å². The smallest absolute Gasteiger partial charge is 0.259 e. The molecule has 4 nitrogen and oxygen atoms in total. The number of amides is 1.